The molecule has 0 N–H and O–H groups in total. The average molecular weight is 279 g/mol. The van der Waals surface area contributed by atoms with E-state index < -0.39 is 0 Å². The number of nitrogens with zero attached hydrogens (tertiary/aromatic N) is 1. The summed E-state index contributed by atoms with van der Waals surface area (Å²) in [6.07, 6.45) is 0.344. The fourth-order valence-electron chi connectivity index (χ4n) is 2.02. The van der Waals surface area contributed by atoms with Crippen molar-refractivity contribution in [1.29, 1.82) is 0 Å². The Labute approximate surface area is 121 Å². The van der Waals surface area contributed by atoms with E-state index in [9.17, 15) is 4.79 Å². The van der Waals surface area contributed by atoms with Crippen molar-refractivity contribution in [2.24, 2.45) is 0 Å². The van der Waals surface area contributed by atoms with Crippen LogP contribution in [0.3, 0.4) is 0 Å². The second kappa shape index (κ2) is 9.37. The van der Waals surface area contributed by atoms with Gasteiger partial charge in [0.25, 0.3) is 0 Å². The van der Waals surface area contributed by atoms with Crippen LogP contribution in [-0.4, -0.2) is 38.9 Å². The highest BCUT2D eigenvalue weighted by Gasteiger charge is 2.11. The van der Waals surface area contributed by atoms with Gasteiger partial charge in [0.15, 0.2) is 0 Å². The zero-order valence-electron chi connectivity index (χ0n) is 12.7. The van der Waals surface area contributed by atoms with Gasteiger partial charge in [-0.1, -0.05) is 26.0 Å². The zero-order valence-corrected chi connectivity index (χ0v) is 12.7. The van der Waals surface area contributed by atoms with Crippen LogP contribution in [0.25, 0.3) is 0 Å². The fraction of sp³-hybridized carbons (Fsp3) is 0.562. The summed E-state index contributed by atoms with van der Waals surface area (Å²) in [5.74, 6) is -0.170. The fourth-order valence-corrected chi connectivity index (χ4v) is 2.02. The van der Waals surface area contributed by atoms with Gasteiger partial charge in [-0.3, -0.25) is 4.79 Å². The lowest BCUT2D eigenvalue weighted by Crippen LogP contribution is -2.36. The van der Waals surface area contributed by atoms with E-state index in [1.54, 1.807) is 0 Å². The molecule has 0 amide bonds. The molecule has 0 spiro atoms. The summed E-state index contributed by atoms with van der Waals surface area (Å²) in [5, 5.41) is 0. The van der Waals surface area contributed by atoms with Crippen molar-refractivity contribution in [3.63, 3.8) is 0 Å². The van der Waals surface area contributed by atoms with Crippen molar-refractivity contribution in [1.82, 2.24) is 0 Å². The predicted molar refractivity (Wildman–Crippen MR) is 81.2 cm³/mol. The lowest BCUT2D eigenvalue weighted by molar-refractivity contribution is -0.142. The normalized spacial score (nSPS) is 14.2. The SMILES string of the molecule is CC.CCOC(=O)Cc1ccc(N2CCOCC2)cc1. The van der Waals surface area contributed by atoms with Gasteiger partial charge in [-0.15, -0.1) is 0 Å². The summed E-state index contributed by atoms with van der Waals surface area (Å²) < 4.78 is 10.2. The molecule has 1 heterocycles. The lowest BCUT2D eigenvalue weighted by Gasteiger charge is -2.28. The molecule has 1 fully saturated rings. The summed E-state index contributed by atoms with van der Waals surface area (Å²) in [6, 6.07) is 8.09. The molecule has 1 aliphatic heterocycles. The van der Waals surface area contributed by atoms with Crippen LogP contribution in [-0.2, 0) is 20.7 Å². The number of morpholine rings is 1. The molecule has 2 rings (SSSR count). The van der Waals surface area contributed by atoms with E-state index in [1.165, 1.54) is 5.69 Å². The van der Waals surface area contributed by atoms with Gasteiger partial charge in [0.2, 0.25) is 0 Å². The van der Waals surface area contributed by atoms with Crippen molar-refractivity contribution in [3.05, 3.63) is 29.8 Å². The molecule has 0 atom stereocenters. The van der Waals surface area contributed by atoms with Crippen LogP contribution in [0, 0.1) is 0 Å². The minimum Gasteiger partial charge on any atom is -0.466 e. The lowest BCUT2D eigenvalue weighted by atomic mass is 10.1. The quantitative estimate of drug-likeness (QED) is 0.794. The summed E-state index contributed by atoms with van der Waals surface area (Å²) in [5.41, 5.74) is 2.18. The van der Waals surface area contributed by atoms with E-state index in [2.05, 4.69) is 17.0 Å². The number of esters is 1. The van der Waals surface area contributed by atoms with Gasteiger partial charge < -0.3 is 14.4 Å². The number of carbonyl (C=O) groups is 1. The summed E-state index contributed by atoms with van der Waals surface area (Å²) in [4.78, 5) is 13.6. The maximum Gasteiger partial charge on any atom is 0.310 e. The van der Waals surface area contributed by atoms with Crippen LogP contribution >= 0.6 is 0 Å². The Hall–Kier alpha value is -1.55. The standard InChI is InChI=1S/C14H19NO3.C2H6/c1-2-18-14(16)11-12-3-5-13(6-4-12)15-7-9-17-10-8-15;1-2/h3-6H,2,7-11H2,1H3;1-2H3. The van der Waals surface area contributed by atoms with Crippen LogP contribution in [0.5, 0.6) is 0 Å². The molecule has 1 saturated heterocycles. The van der Waals surface area contributed by atoms with E-state index in [-0.39, 0.29) is 5.97 Å². The molecule has 4 nitrogen and oxygen atoms in total. The first-order valence-electron chi connectivity index (χ1n) is 7.37. The number of ether oxygens (including phenoxy) is 2. The largest absolute Gasteiger partial charge is 0.466 e. The second-order valence-electron chi connectivity index (χ2n) is 4.25. The Balaban J connectivity index is 0.000000956. The van der Waals surface area contributed by atoms with Crippen molar-refractivity contribution in [2.75, 3.05) is 37.8 Å². The van der Waals surface area contributed by atoms with Gasteiger partial charge >= 0.3 is 5.97 Å². The van der Waals surface area contributed by atoms with Crippen molar-refractivity contribution in [2.45, 2.75) is 27.2 Å². The number of anilines is 1. The van der Waals surface area contributed by atoms with Gasteiger partial charge in [-0.05, 0) is 24.6 Å². The molecular weight excluding hydrogens is 254 g/mol. The van der Waals surface area contributed by atoms with E-state index in [0.29, 0.717) is 13.0 Å². The third kappa shape index (κ3) is 5.21. The van der Waals surface area contributed by atoms with E-state index >= 15 is 0 Å². The molecular formula is C16H25NO3. The van der Waals surface area contributed by atoms with Crippen LogP contribution in [0.2, 0.25) is 0 Å². The highest BCUT2D eigenvalue weighted by atomic mass is 16.5. The number of carbonyl (C=O) groups excluding carboxylic acids is 1. The molecule has 0 aromatic heterocycles. The maximum atomic E-state index is 11.3. The molecule has 0 bridgehead atoms. The second-order valence-corrected chi connectivity index (χ2v) is 4.25. The van der Waals surface area contributed by atoms with Crippen LogP contribution in [0.15, 0.2) is 24.3 Å². The van der Waals surface area contributed by atoms with E-state index in [1.807, 2.05) is 32.9 Å². The van der Waals surface area contributed by atoms with Crippen LogP contribution < -0.4 is 4.90 Å². The predicted octanol–water partition coefficient (Wildman–Crippen LogP) is 2.66. The Kier molecular flexibility index (Phi) is 7.73. The zero-order chi connectivity index (χ0) is 14.8. The van der Waals surface area contributed by atoms with Crippen molar-refractivity contribution >= 4 is 11.7 Å². The monoisotopic (exact) mass is 279 g/mol. The van der Waals surface area contributed by atoms with Crippen LogP contribution in [0.4, 0.5) is 5.69 Å². The van der Waals surface area contributed by atoms with Crippen molar-refractivity contribution < 1.29 is 14.3 Å². The summed E-state index contributed by atoms with van der Waals surface area (Å²) in [6.45, 7) is 9.67. The van der Waals surface area contributed by atoms with Crippen molar-refractivity contribution in [3.8, 4) is 0 Å². The number of benzene rings is 1. The summed E-state index contributed by atoms with van der Waals surface area (Å²) in [7, 11) is 0. The first-order chi connectivity index (χ1) is 9.79. The number of hydrogen-bond acceptors (Lipinski definition) is 4. The Morgan fingerprint density at radius 2 is 1.80 bits per heavy atom. The highest BCUT2D eigenvalue weighted by Crippen LogP contribution is 2.17. The smallest absolute Gasteiger partial charge is 0.310 e. The highest BCUT2D eigenvalue weighted by molar-refractivity contribution is 5.72. The van der Waals surface area contributed by atoms with E-state index in [4.69, 9.17) is 9.47 Å². The van der Waals surface area contributed by atoms with Gasteiger partial charge in [0.1, 0.15) is 0 Å². The van der Waals surface area contributed by atoms with Crippen LogP contribution in [0.1, 0.15) is 26.3 Å². The molecule has 1 aliphatic rings. The Bertz CT molecular complexity index is 383. The third-order valence-electron chi connectivity index (χ3n) is 2.97. The molecule has 112 valence electrons. The molecule has 1 aromatic rings. The molecule has 0 unspecified atom stereocenters. The van der Waals surface area contributed by atoms with E-state index in [0.717, 1.165) is 31.9 Å². The molecule has 0 saturated carbocycles. The third-order valence-corrected chi connectivity index (χ3v) is 2.97. The first-order valence-corrected chi connectivity index (χ1v) is 7.37. The minimum atomic E-state index is -0.170. The summed E-state index contributed by atoms with van der Waals surface area (Å²) >= 11 is 0. The minimum absolute atomic E-state index is 0.170. The molecule has 4 heteroatoms. The van der Waals surface area contributed by atoms with Gasteiger partial charge in [-0.2, -0.15) is 0 Å². The number of rotatable bonds is 4. The average Bonchev–Trinajstić information content (AvgIpc) is 2.51. The molecule has 1 aromatic carbocycles. The molecule has 0 radical (unpaired) electrons. The molecule has 20 heavy (non-hydrogen) atoms. The first kappa shape index (κ1) is 16.5. The molecule has 0 aliphatic carbocycles. The Morgan fingerprint density at radius 1 is 1.20 bits per heavy atom. The van der Waals surface area contributed by atoms with Gasteiger partial charge in [0, 0.05) is 18.8 Å². The van der Waals surface area contributed by atoms with Gasteiger partial charge in [-0.25, -0.2) is 0 Å². The number of hydrogen-bond donors (Lipinski definition) is 0. The Morgan fingerprint density at radius 3 is 2.35 bits per heavy atom. The van der Waals surface area contributed by atoms with Gasteiger partial charge in [0.05, 0.1) is 26.2 Å². The topological polar surface area (TPSA) is 38.8 Å². The maximum absolute atomic E-state index is 11.3.